The lowest BCUT2D eigenvalue weighted by molar-refractivity contribution is -0.131. The van der Waals surface area contributed by atoms with Crippen LogP contribution >= 0.6 is 0 Å². The van der Waals surface area contributed by atoms with Gasteiger partial charge in [0.05, 0.1) is 0 Å². The van der Waals surface area contributed by atoms with Crippen LogP contribution in [0.5, 0.6) is 0 Å². The minimum absolute atomic E-state index is 0.318. The lowest BCUT2D eigenvalue weighted by Gasteiger charge is -2.25. The first-order valence-corrected chi connectivity index (χ1v) is 8.00. The number of carbonyl (C=O) groups excluding carboxylic acids is 3. The lowest BCUT2D eigenvalue weighted by Crippen LogP contribution is -2.53. The highest BCUT2D eigenvalue weighted by atomic mass is 16.6. The van der Waals surface area contributed by atoms with Gasteiger partial charge in [-0.15, -0.1) is 0 Å². The standard InChI is InChI=1S/C17H23N3O4/c1-17(2,3)24-16(23)19-13(15(22)20-10-4-5-11-20)14(21)12-6-8-18-9-7-12/h6-9,13H,4-5,10-11H2,1-3H3,(H,19,23). The van der Waals surface area contributed by atoms with Crippen molar-refractivity contribution in [3.63, 3.8) is 0 Å². The Labute approximate surface area is 141 Å². The number of hydrogen-bond donors (Lipinski definition) is 1. The Morgan fingerprint density at radius 3 is 2.29 bits per heavy atom. The van der Waals surface area contributed by atoms with E-state index in [-0.39, 0.29) is 0 Å². The Morgan fingerprint density at radius 2 is 1.75 bits per heavy atom. The first-order chi connectivity index (χ1) is 11.3. The van der Waals surface area contributed by atoms with Crippen LogP contribution in [0, 0.1) is 0 Å². The van der Waals surface area contributed by atoms with Gasteiger partial charge in [-0.3, -0.25) is 14.6 Å². The van der Waals surface area contributed by atoms with E-state index in [0.29, 0.717) is 18.7 Å². The van der Waals surface area contributed by atoms with Crippen molar-refractivity contribution in [1.29, 1.82) is 0 Å². The number of likely N-dealkylation sites (tertiary alicyclic amines) is 1. The molecule has 2 heterocycles. The number of rotatable bonds is 4. The molecule has 1 atom stereocenters. The number of ether oxygens (including phenoxy) is 1. The summed E-state index contributed by atoms with van der Waals surface area (Å²) in [6.45, 7) is 6.33. The fourth-order valence-corrected chi connectivity index (χ4v) is 2.47. The molecule has 0 aromatic carbocycles. The molecule has 1 aliphatic heterocycles. The van der Waals surface area contributed by atoms with Crippen molar-refractivity contribution in [2.24, 2.45) is 0 Å². The summed E-state index contributed by atoms with van der Waals surface area (Å²) in [5.74, 6) is -0.875. The molecule has 24 heavy (non-hydrogen) atoms. The molecule has 2 amide bonds. The molecule has 130 valence electrons. The first-order valence-electron chi connectivity index (χ1n) is 8.00. The van der Waals surface area contributed by atoms with E-state index in [1.54, 1.807) is 25.7 Å². The Kier molecular flexibility index (Phi) is 5.54. The fraction of sp³-hybridized carbons (Fsp3) is 0.529. The molecule has 1 aliphatic rings. The number of nitrogens with zero attached hydrogens (tertiary/aromatic N) is 2. The van der Waals surface area contributed by atoms with E-state index in [1.165, 1.54) is 24.5 Å². The SMILES string of the molecule is CC(C)(C)OC(=O)NC(C(=O)c1ccncc1)C(=O)N1CCCC1. The van der Waals surface area contributed by atoms with Gasteiger partial charge in [0.1, 0.15) is 5.60 Å². The van der Waals surface area contributed by atoms with Gasteiger partial charge in [0.2, 0.25) is 0 Å². The zero-order chi connectivity index (χ0) is 17.7. The molecule has 7 heteroatoms. The van der Waals surface area contributed by atoms with E-state index in [9.17, 15) is 14.4 Å². The fourth-order valence-electron chi connectivity index (χ4n) is 2.47. The normalized spacial score (nSPS) is 15.7. The molecular formula is C17H23N3O4. The van der Waals surface area contributed by atoms with Crippen molar-refractivity contribution in [2.75, 3.05) is 13.1 Å². The van der Waals surface area contributed by atoms with Gasteiger partial charge in [0.15, 0.2) is 11.8 Å². The molecule has 1 saturated heterocycles. The zero-order valence-electron chi connectivity index (χ0n) is 14.2. The van der Waals surface area contributed by atoms with Crippen LogP contribution in [0.2, 0.25) is 0 Å². The number of amides is 2. The Bertz CT molecular complexity index is 604. The van der Waals surface area contributed by atoms with E-state index < -0.39 is 29.4 Å². The van der Waals surface area contributed by atoms with Gasteiger partial charge in [0, 0.05) is 31.0 Å². The van der Waals surface area contributed by atoms with Crippen LogP contribution in [0.3, 0.4) is 0 Å². The molecule has 1 fully saturated rings. The van der Waals surface area contributed by atoms with Crippen LogP contribution in [0.1, 0.15) is 44.0 Å². The number of ketones is 1. The van der Waals surface area contributed by atoms with Crippen molar-refractivity contribution in [1.82, 2.24) is 15.2 Å². The molecule has 0 radical (unpaired) electrons. The molecular weight excluding hydrogens is 310 g/mol. The van der Waals surface area contributed by atoms with E-state index in [1.807, 2.05) is 0 Å². The van der Waals surface area contributed by atoms with Crippen LogP contribution in [-0.2, 0) is 9.53 Å². The minimum atomic E-state index is -1.29. The van der Waals surface area contributed by atoms with Crippen molar-refractivity contribution in [3.05, 3.63) is 30.1 Å². The van der Waals surface area contributed by atoms with Crippen molar-refractivity contribution < 1.29 is 19.1 Å². The summed E-state index contributed by atoms with van der Waals surface area (Å²) in [7, 11) is 0. The highest BCUT2D eigenvalue weighted by Gasteiger charge is 2.35. The minimum Gasteiger partial charge on any atom is -0.444 e. The maximum atomic E-state index is 12.7. The van der Waals surface area contributed by atoms with Crippen LogP contribution in [0.25, 0.3) is 0 Å². The predicted molar refractivity (Wildman–Crippen MR) is 87.5 cm³/mol. The van der Waals surface area contributed by atoms with E-state index in [0.717, 1.165) is 12.8 Å². The van der Waals surface area contributed by atoms with Crippen LogP contribution in [0.15, 0.2) is 24.5 Å². The van der Waals surface area contributed by atoms with Gasteiger partial charge in [-0.1, -0.05) is 0 Å². The van der Waals surface area contributed by atoms with E-state index >= 15 is 0 Å². The summed E-state index contributed by atoms with van der Waals surface area (Å²) >= 11 is 0. The van der Waals surface area contributed by atoms with E-state index in [4.69, 9.17) is 4.74 Å². The second-order valence-corrected chi connectivity index (χ2v) is 6.71. The number of Topliss-reactive ketones (excluding diaryl/α,β-unsaturated/α-hetero) is 1. The van der Waals surface area contributed by atoms with Gasteiger partial charge in [-0.05, 0) is 45.7 Å². The quantitative estimate of drug-likeness (QED) is 0.670. The summed E-state index contributed by atoms with van der Waals surface area (Å²) in [5.41, 5.74) is -0.399. The van der Waals surface area contributed by atoms with Crippen LogP contribution in [-0.4, -0.2) is 52.4 Å². The van der Waals surface area contributed by atoms with Crippen LogP contribution < -0.4 is 5.32 Å². The largest absolute Gasteiger partial charge is 0.444 e. The monoisotopic (exact) mass is 333 g/mol. The molecule has 0 aliphatic carbocycles. The second-order valence-electron chi connectivity index (χ2n) is 6.71. The third-order valence-electron chi connectivity index (χ3n) is 3.55. The molecule has 0 saturated carbocycles. The highest BCUT2D eigenvalue weighted by molar-refractivity contribution is 6.14. The second kappa shape index (κ2) is 7.42. The number of pyridine rings is 1. The summed E-state index contributed by atoms with van der Waals surface area (Å²) in [6, 6.07) is 1.74. The lowest BCUT2D eigenvalue weighted by atomic mass is 10.0. The number of aromatic nitrogens is 1. The highest BCUT2D eigenvalue weighted by Crippen LogP contribution is 2.13. The van der Waals surface area contributed by atoms with Crippen molar-refractivity contribution in [3.8, 4) is 0 Å². The van der Waals surface area contributed by atoms with Gasteiger partial charge < -0.3 is 15.0 Å². The number of hydrogen-bond acceptors (Lipinski definition) is 5. The van der Waals surface area contributed by atoms with Gasteiger partial charge >= 0.3 is 6.09 Å². The Balaban J connectivity index is 2.19. The third-order valence-corrected chi connectivity index (χ3v) is 3.55. The van der Waals surface area contributed by atoms with E-state index in [2.05, 4.69) is 10.3 Å². The zero-order valence-corrected chi connectivity index (χ0v) is 14.2. The third kappa shape index (κ3) is 4.78. The smallest absolute Gasteiger partial charge is 0.408 e. The first kappa shape index (κ1) is 17.9. The average Bonchev–Trinajstić information content (AvgIpc) is 3.05. The number of alkyl carbamates (subject to hydrolysis) is 1. The van der Waals surface area contributed by atoms with Gasteiger partial charge in [0.25, 0.3) is 5.91 Å². The predicted octanol–water partition coefficient (Wildman–Crippen LogP) is 1.78. The molecule has 1 N–H and O–H groups in total. The molecule has 2 rings (SSSR count). The Hall–Kier alpha value is -2.44. The molecule has 1 unspecified atom stereocenters. The van der Waals surface area contributed by atoms with Crippen LogP contribution in [0.4, 0.5) is 4.79 Å². The summed E-state index contributed by atoms with van der Waals surface area (Å²) in [6.07, 6.45) is 3.95. The molecule has 0 spiro atoms. The molecule has 7 nitrogen and oxygen atoms in total. The number of carbonyl (C=O) groups is 3. The van der Waals surface area contributed by atoms with Gasteiger partial charge in [-0.25, -0.2) is 4.79 Å². The summed E-state index contributed by atoms with van der Waals surface area (Å²) < 4.78 is 5.18. The average molecular weight is 333 g/mol. The van der Waals surface area contributed by atoms with Gasteiger partial charge in [-0.2, -0.15) is 0 Å². The maximum Gasteiger partial charge on any atom is 0.408 e. The molecule has 0 bridgehead atoms. The maximum absolute atomic E-state index is 12.7. The summed E-state index contributed by atoms with van der Waals surface area (Å²) in [4.78, 5) is 42.9. The van der Waals surface area contributed by atoms with Crippen molar-refractivity contribution in [2.45, 2.75) is 45.3 Å². The summed E-state index contributed by atoms with van der Waals surface area (Å²) in [5, 5.41) is 2.43. The van der Waals surface area contributed by atoms with Crippen molar-refractivity contribution >= 4 is 17.8 Å². The molecule has 1 aromatic heterocycles. The Morgan fingerprint density at radius 1 is 1.17 bits per heavy atom. The molecule has 1 aromatic rings. The number of nitrogens with one attached hydrogen (secondary N) is 1. The topological polar surface area (TPSA) is 88.6 Å².